The zero-order valence-electron chi connectivity index (χ0n) is 16.8. The lowest BCUT2D eigenvalue weighted by atomic mass is 10.1. The molecule has 2 aliphatic carbocycles. The monoisotopic (exact) mass is 430 g/mol. The van der Waals surface area contributed by atoms with E-state index < -0.39 is 11.6 Å². The molecule has 0 aliphatic heterocycles. The van der Waals surface area contributed by atoms with Gasteiger partial charge in [0, 0.05) is 17.7 Å². The van der Waals surface area contributed by atoms with Gasteiger partial charge in [-0.3, -0.25) is 0 Å². The molecule has 2 atom stereocenters. The lowest BCUT2D eigenvalue weighted by Gasteiger charge is -2.11. The minimum absolute atomic E-state index is 0.105. The molecule has 1 aromatic carbocycles. The van der Waals surface area contributed by atoms with E-state index in [1.54, 1.807) is 17.8 Å². The zero-order chi connectivity index (χ0) is 20.7. The molecule has 0 unspecified atom stereocenters. The summed E-state index contributed by atoms with van der Waals surface area (Å²) in [5.74, 6) is 0.124. The fourth-order valence-corrected chi connectivity index (χ4v) is 4.90. The highest BCUT2D eigenvalue weighted by molar-refractivity contribution is 7.99. The summed E-state index contributed by atoms with van der Waals surface area (Å²) in [4.78, 5) is 9.47. The first kappa shape index (κ1) is 19.7. The maximum Gasteiger partial charge on any atom is 0.191 e. The van der Waals surface area contributed by atoms with Gasteiger partial charge in [0.05, 0.1) is 6.04 Å². The van der Waals surface area contributed by atoms with Crippen molar-refractivity contribution in [2.75, 3.05) is 11.1 Å². The predicted molar refractivity (Wildman–Crippen MR) is 113 cm³/mol. The lowest BCUT2D eigenvalue weighted by molar-refractivity contribution is 0.463. The van der Waals surface area contributed by atoms with Crippen LogP contribution in [0, 0.1) is 11.6 Å². The average molecular weight is 431 g/mol. The summed E-state index contributed by atoms with van der Waals surface area (Å²) in [5, 5.41) is 13.0. The van der Waals surface area contributed by atoms with Crippen LogP contribution < -0.4 is 5.32 Å². The third kappa shape index (κ3) is 3.75. The number of halogens is 2. The molecule has 158 valence electrons. The SMILES string of the molecule is CCCSc1nc(N[C@@H]2C[C@H]2c2ccc(F)c(F)c2)c2nnn(C3CCCC3)c2n1. The molecule has 9 heteroatoms. The van der Waals surface area contributed by atoms with Crippen molar-refractivity contribution in [3.8, 4) is 0 Å². The van der Waals surface area contributed by atoms with Crippen LogP contribution in [0.4, 0.5) is 14.6 Å². The van der Waals surface area contributed by atoms with E-state index in [4.69, 9.17) is 9.97 Å². The Labute approximate surface area is 177 Å². The smallest absolute Gasteiger partial charge is 0.191 e. The van der Waals surface area contributed by atoms with Gasteiger partial charge in [0.25, 0.3) is 0 Å². The van der Waals surface area contributed by atoms with Gasteiger partial charge in [-0.05, 0) is 43.4 Å². The van der Waals surface area contributed by atoms with Gasteiger partial charge in [-0.15, -0.1) is 5.10 Å². The molecular weight excluding hydrogens is 406 g/mol. The molecule has 2 heterocycles. The molecule has 0 amide bonds. The van der Waals surface area contributed by atoms with Crippen LogP contribution in [0.15, 0.2) is 23.4 Å². The second kappa shape index (κ2) is 8.09. The molecule has 0 spiro atoms. The van der Waals surface area contributed by atoms with E-state index in [1.807, 2.05) is 4.68 Å². The van der Waals surface area contributed by atoms with Crippen LogP contribution >= 0.6 is 11.8 Å². The van der Waals surface area contributed by atoms with E-state index in [0.29, 0.717) is 17.4 Å². The second-order valence-corrected chi connectivity index (χ2v) is 9.18. The first-order valence-corrected chi connectivity index (χ1v) is 11.6. The van der Waals surface area contributed by atoms with Crippen LogP contribution in [0.5, 0.6) is 0 Å². The Balaban J connectivity index is 1.43. The third-order valence-corrected chi connectivity index (χ3v) is 6.95. The number of nitrogens with zero attached hydrogens (tertiary/aromatic N) is 5. The Morgan fingerprint density at radius 1 is 1.17 bits per heavy atom. The minimum atomic E-state index is -0.817. The molecule has 2 aromatic heterocycles. The fourth-order valence-electron chi connectivity index (χ4n) is 4.20. The number of anilines is 1. The van der Waals surface area contributed by atoms with Crippen molar-refractivity contribution in [2.45, 2.75) is 68.6 Å². The molecule has 2 saturated carbocycles. The number of benzene rings is 1. The lowest BCUT2D eigenvalue weighted by Crippen LogP contribution is -2.10. The van der Waals surface area contributed by atoms with Gasteiger partial charge in [-0.25, -0.2) is 23.4 Å². The number of hydrogen-bond donors (Lipinski definition) is 1. The quantitative estimate of drug-likeness (QED) is 0.416. The average Bonchev–Trinajstić information content (AvgIpc) is 3.13. The fraction of sp³-hybridized carbons (Fsp3) is 0.524. The van der Waals surface area contributed by atoms with Crippen molar-refractivity contribution < 1.29 is 8.78 Å². The summed E-state index contributed by atoms with van der Waals surface area (Å²) < 4.78 is 28.8. The van der Waals surface area contributed by atoms with Crippen molar-refractivity contribution in [1.82, 2.24) is 25.0 Å². The molecule has 1 N–H and O–H groups in total. The van der Waals surface area contributed by atoms with E-state index in [-0.39, 0.29) is 12.0 Å². The highest BCUT2D eigenvalue weighted by Crippen LogP contribution is 2.44. The number of thioether (sulfide) groups is 1. The van der Waals surface area contributed by atoms with Crippen LogP contribution in [0.1, 0.15) is 63.0 Å². The van der Waals surface area contributed by atoms with Gasteiger partial charge in [-0.1, -0.05) is 42.8 Å². The molecule has 2 aliphatic rings. The summed E-state index contributed by atoms with van der Waals surface area (Å²) in [6.07, 6.45) is 6.49. The van der Waals surface area contributed by atoms with Crippen LogP contribution in [-0.4, -0.2) is 36.8 Å². The molecule has 0 radical (unpaired) electrons. The Morgan fingerprint density at radius 3 is 2.77 bits per heavy atom. The largest absolute Gasteiger partial charge is 0.365 e. The maximum atomic E-state index is 13.6. The number of aromatic nitrogens is 5. The van der Waals surface area contributed by atoms with Crippen molar-refractivity contribution in [3.05, 3.63) is 35.4 Å². The molecule has 2 fully saturated rings. The van der Waals surface area contributed by atoms with Gasteiger partial charge in [0.1, 0.15) is 0 Å². The first-order chi connectivity index (χ1) is 14.6. The molecule has 0 saturated heterocycles. The van der Waals surface area contributed by atoms with Crippen molar-refractivity contribution in [2.24, 2.45) is 0 Å². The maximum absolute atomic E-state index is 13.6. The summed E-state index contributed by atoms with van der Waals surface area (Å²) in [6.45, 7) is 2.13. The normalized spacial score (nSPS) is 21.4. The zero-order valence-corrected chi connectivity index (χ0v) is 17.6. The van der Waals surface area contributed by atoms with Gasteiger partial charge in [0.15, 0.2) is 33.8 Å². The molecule has 0 bridgehead atoms. The summed E-state index contributed by atoms with van der Waals surface area (Å²) >= 11 is 1.63. The van der Waals surface area contributed by atoms with Gasteiger partial charge in [-0.2, -0.15) is 0 Å². The van der Waals surface area contributed by atoms with E-state index in [0.717, 1.165) is 47.8 Å². The predicted octanol–water partition coefficient (Wildman–Crippen LogP) is 5.08. The molecule has 5 rings (SSSR count). The highest BCUT2D eigenvalue weighted by Gasteiger charge is 2.39. The molecule has 3 aromatic rings. The van der Waals surface area contributed by atoms with Gasteiger partial charge >= 0.3 is 0 Å². The third-order valence-electron chi connectivity index (χ3n) is 5.89. The van der Waals surface area contributed by atoms with E-state index >= 15 is 0 Å². The van der Waals surface area contributed by atoms with Crippen LogP contribution in [0.25, 0.3) is 11.2 Å². The minimum Gasteiger partial charge on any atom is -0.365 e. The Bertz CT molecular complexity index is 1070. The summed E-state index contributed by atoms with van der Waals surface area (Å²) in [5.41, 5.74) is 2.26. The first-order valence-electron chi connectivity index (χ1n) is 10.6. The summed E-state index contributed by atoms with van der Waals surface area (Å²) in [7, 11) is 0. The van der Waals surface area contributed by atoms with Gasteiger partial charge < -0.3 is 5.32 Å². The number of rotatable bonds is 7. The standard InChI is InChI=1S/C21H24F2N6S/c1-2-9-30-21-25-19(18-20(26-21)29(28-27-18)13-5-3-4-6-13)24-17-11-14(17)12-7-8-15(22)16(23)10-12/h7-8,10,13-14,17H,2-6,9,11H2,1H3,(H,24,25,26)/t14-,17+/m0/s1. The topological polar surface area (TPSA) is 68.5 Å². The number of nitrogens with one attached hydrogen (secondary N) is 1. The van der Waals surface area contributed by atoms with Crippen LogP contribution in [0.3, 0.4) is 0 Å². The second-order valence-electron chi connectivity index (χ2n) is 8.11. The highest BCUT2D eigenvalue weighted by atomic mass is 32.2. The Morgan fingerprint density at radius 2 is 2.00 bits per heavy atom. The van der Waals surface area contributed by atoms with Crippen LogP contribution in [-0.2, 0) is 0 Å². The number of hydrogen-bond acceptors (Lipinski definition) is 6. The molecular formula is C21H24F2N6S. The van der Waals surface area contributed by atoms with Crippen LogP contribution in [0.2, 0.25) is 0 Å². The Kier molecular flexibility index (Phi) is 5.30. The Hall–Kier alpha value is -2.29. The number of fused-ring (bicyclic) bond motifs is 1. The van der Waals surface area contributed by atoms with Crippen molar-refractivity contribution in [3.63, 3.8) is 0 Å². The van der Waals surface area contributed by atoms with Crippen molar-refractivity contribution >= 4 is 28.7 Å². The van der Waals surface area contributed by atoms with Gasteiger partial charge in [0.2, 0.25) is 0 Å². The summed E-state index contributed by atoms with van der Waals surface area (Å²) in [6, 6.07) is 4.58. The molecule has 30 heavy (non-hydrogen) atoms. The van der Waals surface area contributed by atoms with E-state index in [2.05, 4.69) is 22.6 Å². The van der Waals surface area contributed by atoms with E-state index in [1.165, 1.54) is 25.0 Å². The van der Waals surface area contributed by atoms with E-state index in [9.17, 15) is 8.78 Å². The van der Waals surface area contributed by atoms with Crippen molar-refractivity contribution in [1.29, 1.82) is 0 Å². The molecule has 6 nitrogen and oxygen atoms in total.